The fourth-order valence-corrected chi connectivity index (χ4v) is 2.81. The van der Waals surface area contributed by atoms with Gasteiger partial charge in [-0.1, -0.05) is 6.07 Å². The Morgan fingerprint density at radius 1 is 1.12 bits per heavy atom. The second-order valence-corrected chi connectivity index (χ2v) is 7.31. The molecule has 1 aromatic carbocycles. The van der Waals surface area contributed by atoms with E-state index in [1.165, 1.54) is 0 Å². The Labute approximate surface area is 148 Å². The molecule has 3 rings (SSSR count). The van der Waals surface area contributed by atoms with Crippen LogP contribution in [0.15, 0.2) is 36.2 Å². The van der Waals surface area contributed by atoms with E-state index < -0.39 is 24.0 Å². The number of aromatic nitrogens is 1. The number of hydrogen-bond acceptors (Lipinski definition) is 4. The SMILES string of the molecule is COc1ccc2ccnc(C(C)=C(F)B3OC(C)(C)C(C)(C)O3)c2c1. The molecule has 0 bridgehead atoms. The molecule has 2 aromatic rings. The predicted octanol–water partition coefficient (Wildman–Crippen LogP) is 4.58. The van der Waals surface area contributed by atoms with Crippen LogP contribution in [0, 0.1) is 0 Å². The first-order chi connectivity index (χ1) is 11.7. The summed E-state index contributed by atoms with van der Waals surface area (Å²) >= 11 is 0. The van der Waals surface area contributed by atoms with Crippen LogP contribution in [0.2, 0.25) is 0 Å². The molecule has 0 saturated carbocycles. The fourth-order valence-electron chi connectivity index (χ4n) is 2.81. The lowest BCUT2D eigenvalue weighted by molar-refractivity contribution is 0.00578. The van der Waals surface area contributed by atoms with Crippen LogP contribution in [0.3, 0.4) is 0 Å². The van der Waals surface area contributed by atoms with Crippen molar-refractivity contribution in [2.75, 3.05) is 7.11 Å². The molecule has 132 valence electrons. The minimum absolute atomic E-state index is 0.400. The summed E-state index contributed by atoms with van der Waals surface area (Å²) < 4.78 is 32.1. The van der Waals surface area contributed by atoms with Crippen molar-refractivity contribution in [2.24, 2.45) is 0 Å². The molecule has 4 nitrogen and oxygen atoms in total. The highest BCUT2D eigenvalue weighted by molar-refractivity contribution is 6.55. The number of rotatable bonds is 3. The van der Waals surface area contributed by atoms with Crippen molar-refractivity contribution in [1.82, 2.24) is 4.98 Å². The summed E-state index contributed by atoms with van der Waals surface area (Å²) in [6.07, 6.45) is 1.67. The van der Waals surface area contributed by atoms with E-state index in [-0.39, 0.29) is 0 Å². The molecule has 1 fully saturated rings. The Hall–Kier alpha value is -1.92. The van der Waals surface area contributed by atoms with E-state index in [2.05, 4.69) is 4.98 Å². The summed E-state index contributed by atoms with van der Waals surface area (Å²) in [5.41, 5.74) is -0.683. The molecular formula is C19H23BFNO3. The van der Waals surface area contributed by atoms with Gasteiger partial charge in [-0.3, -0.25) is 4.98 Å². The maximum atomic E-state index is 15.1. The third kappa shape index (κ3) is 3.05. The number of benzene rings is 1. The lowest BCUT2D eigenvalue weighted by Crippen LogP contribution is -2.41. The van der Waals surface area contributed by atoms with E-state index in [0.29, 0.717) is 17.0 Å². The van der Waals surface area contributed by atoms with E-state index in [9.17, 15) is 0 Å². The van der Waals surface area contributed by atoms with E-state index >= 15 is 4.39 Å². The normalized spacial score (nSPS) is 19.9. The van der Waals surface area contributed by atoms with Gasteiger partial charge < -0.3 is 14.0 Å². The standard InChI is InChI=1S/C19H23BFNO3/c1-12(17(21)20-24-18(2,3)19(4,5)25-20)16-15-11-14(23-6)8-7-13(15)9-10-22-16/h7-11H,1-6H3. The zero-order valence-electron chi connectivity index (χ0n) is 15.5. The van der Waals surface area contributed by atoms with Gasteiger partial charge in [0.15, 0.2) is 0 Å². The first kappa shape index (κ1) is 17.9. The highest BCUT2D eigenvalue weighted by Crippen LogP contribution is 2.40. The number of allylic oxidation sites excluding steroid dienone is 1. The zero-order valence-corrected chi connectivity index (χ0v) is 15.5. The van der Waals surface area contributed by atoms with Crippen LogP contribution in [-0.2, 0) is 9.31 Å². The predicted molar refractivity (Wildman–Crippen MR) is 98.1 cm³/mol. The second-order valence-electron chi connectivity index (χ2n) is 7.31. The summed E-state index contributed by atoms with van der Waals surface area (Å²) in [7, 11) is 0.567. The topological polar surface area (TPSA) is 40.6 Å². The van der Waals surface area contributed by atoms with Crippen LogP contribution in [0.4, 0.5) is 4.39 Å². The van der Waals surface area contributed by atoms with Crippen molar-refractivity contribution >= 4 is 23.5 Å². The van der Waals surface area contributed by atoms with Crippen molar-refractivity contribution in [3.05, 3.63) is 41.9 Å². The Balaban J connectivity index is 2.07. The van der Waals surface area contributed by atoms with Gasteiger partial charge in [0, 0.05) is 17.2 Å². The van der Waals surface area contributed by atoms with Crippen molar-refractivity contribution in [3.63, 3.8) is 0 Å². The molecule has 1 aliphatic rings. The second kappa shape index (κ2) is 6.11. The van der Waals surface area contributed by atoms with Gasteiger partial charge in [-0.15, -0.1) is 0 Å². The van der Waals surface area contributed by atoms with Crippen molar-refractivity contribution < 1.29 is 18.4 Å². The molecule has 0 N–H and O–H groups in total. The molecule has 0 aliphatic carbocycles. The molecule has 6 heteroatoms. The Morgan fingerprint density at radius 2 is 1.76 bits per heavy atom. The van der Waals surface area contributed by atoms with E-state index in [4.69, 9.17) is 14.0 Å². The molecule has 25 heavy (non-hydrogen) atoms. The number of halogens is 1. The average molecular weight is 343 g/mol. The summed E-state index contributed by atoms with van der Waals surface area (Å²) in [4.78, 5) is 4.38. The van der Waals surface area contributed by atoms with E-state index in [1.807, 2.05) is 52.0 Å². The van der Waals surface area contributed by atoms with Crippen LogP contribution in [-0.4, -0.2) is 30.4 Å². The van der Waals surface area contributed by atoms with Gasteiger partial charge in [0.2, 0.25) is 0 Å². The molecule has 1 saturated heterocycles. The number of fused-ring (bicyclic) bond motifs is 1. The molecule has 2 heterocycles. The Bertz CT molecular complexity index is 832. The maximum Gasteiger partial charge on any atom is 0.525 e. The van der Waals surface area contributed by atoms with Crippen LogP contribution in [0.25, 0.3) is 16.3 Å². The number of pyridine rings is 1. The number of nitrogens with zero attached hydrogens (tertiary/aromatic N) is 1. The van der Waals surface area contributed by atoms with Crippen molar-refractivity contribution in [3.8, 4) is 5.75 Å². The van der Waals surface area contributed by atoms with Crippen LogP contribution in [0.1, 0.15) is 40.3 Å². The number of hydrogen-bond donors (Lipinski definition) is 0. The minimum Gasteiger partial charge on any atom is -0.497 e. The maximum absolute atomic E-state index is 15.1. The third-order valence-corrected chi connectivity index (χ3v) is 5.15. The van der Waals surface area contributed by atoms with Gasteiger partial charge in [-0.2, -0.15) is 0 Å². The summed E-state index contributed by atoms with van der Waals surface area (Å²) in [5, 5.41) is 1.79. The molecule has 0 radical (unpaired) electrons. The van der Waals surface area contributed by atoms with Crippen molar-refractivity contribution in [1.29, 1.82) is 0 Å². The van der Waals surface area contributed by atoms with E-state index in [1.54, 1.807) is 20.2 Å². The first-order valence-corrected chi connectivity index (χ1v) is 8.31. The molecule has 1 aromatic heterocycles. The molecule has 0 amide bonds. The first-order valence-electron chi connectivity index (χ1n) is 8.31. The molecular weight excluding hydrogens is 320 g/mol. The lowest BCUT2D eigenvalue weighted by Gasteiger charge is -2.32. The van der Waals surface area contributed by atoms with Gasteiger partial charge in [0.1, 0.15) is 11.5 Å². The van der Waals surface area contributed by atoms with Gasteiger partial charge in [0.05, 0.1) is 24.0 Å². The average Bonchev–Trinajstić information content (AvgIpc) is 2.80. The highest BCUT2D eigenvalue weighted by Gasteiger charge is 2.53. The molecule has 0 unspecified atom stereocenters. The van der Waals surface area contributed by atoms with Gasteiger partial charge >= 0.3 is 7.12 Å². The van der Waals surface area contributed by atoms with Crippen LogP contribution < -0.4 is 4.74 Å². The Kier molecular flexibility index (Phi) is 4.37. The minimum atomic E-state index is -1.03. The molecule has 1 aliphatic heterocycles. The summed E-state index contributed by atoms with van der Waals surface area (Å²) in [5.74, 6) is 0.700. The lowest BCUT2D eigenvalue weighted by atomic mass is 9.83. The smallest absolute Gasteiger partial charge is 0.497 e. The number of ether oxygens (including phenoxy) is 1. The zero-order chi connectivity index (χ0) is 18.4. The van der Waals surface area contributed by atoms with Gasteiger partial charge in [0.25, 0.3) is 0 Å². The summed E-state index contributed by atoms with van der Waals surface area (Å²) in [6.45, 7) is 9.29. The quantitative estimate of drug-likeness (QED) is 0.765. The molecule has 0 spiro atoms. The van der Waals surface area contributed by atoms with Gasteiger partial charge in [-0.25, -0.2) is 4.39 Å². The van der Waals surface area contributed by atoms with Crippen LogP contribution in [0.5, 0.6) is 5.75 Å². The summed E-state index contributed by atoms with van der Waals surface area (Å²) in [6, 6.07) is 7.55. The molecule has 0 atom stereocenters. The van der Waals surface area contributed by atoms with Crippen molar-refractivity contribution in [2.45, 2.75) is 45.8 Å². The highest BCUT2D eigenvalue weighted by atomic mass is 19.1. The third-order valence-electron chi connectivity index (χ3n) is 5.15. The largest absolute Gasteiger partial charge is 0.525 e. The Morgan fingerprint density at radius 3 is 2.36 bits per heavy atom. The monoisotopic (exact) mass is 343 g/mol. The van der Waals surface area contributed by atoms with Gasteiger partial charge in [-0.05, 0) is 58.2 Å². The number of methoxy groups -OCH3 is 1. The fraction of sp³-hybridized carbons (Fsp3) is 0.421. The van der Waals surface area contributed by atoms with Crippen LogP contribution >= 0.6 is 0 Å². The van der Waals surface area contributed by atoms with E-state index in [0.717, 1.165) is 10.8 Å².